The standard InChI is InChI=1S/C19H21N5OS/c1-23(17-11-10-14-6-2-3-7-15(14)12-17)18(25)13-26-19-20-21-22-24(19)16-8-4-5-9-16/h2-3,6-7,10-12,16H,4-5,8-9,13H2,1H3. The quantitative estimate of drug-likeness (QED) is 0.644. The highest BCUT2D eigenvalue weighted by Crippen LogP contribution is 2.31. The van der Waals surface area contributed by atoms with Gasteiger partial charge in [0.15, 0.2) is 0 Å². The number of carbonyl (C=O) groups is 1. The van der Waals surface area contributed by atoms with Gasteiger partial charge in [0.1, 0.15) is 0 Å². The molecule has 7 heteroatoms. The van der Waals surface area contributed by atoms with Crippen LogP contribution < -0.4 is 4.90 Å². The Labute approximate surface area is 156 Å². The fourth-order valence-corrected chi connectivity index (χ4v) is 4.27. The molecule has 0 unspecified atom stereocenters. The van der Waals surface area contributed by atoms with Crippen LogP contribution in [0, 0.1) is 0 Å². The highest BCUT2D eigenvalue weighted by molar-refractivity contribution is 7.99. The Hall–Kier alpha value is -2.41. The first kappa shape index (κ1) is 17.0. The zero-order valence-corrected chi connectivity index (χ0v) is 15.5. The average Bonchev–Trinajstić information content (AvgIpc) is 3.36. The van der Waals surface area contributed by atoms with E-state index >= 15 is 0 Å². The molecule has 0 atom stereocenters. The number of fused-ring (bicyclic) bond motifs is 1. The molecule has 0 spiro atoms. The largest absolute Gasteiger partial charge is 0.315 e. The van der Waals surface area contributed by atoms with E-state index < -0.39 is 0 Å². The lowest BCUT2D eigenvalue weighted by Crippen LogP contribution is -2.28. The second kappa shape index (κ2) is 7.45. The first-order valence-corrected chi connectivity index (χ1v) is 9.87. The molecule has 6 nitrogen and oxygen atoms in total. The van der Waals surface area contributed by atoms with Crippen molar-refractivity contribution in [2.24, 2.45) is 0 Å². The first-order chi connectivity index (χ1) is 12.7. The molecule has 1 aliphatic rings. The third kappa shape index (κ3) is 3.44. The van der Waals surface area contributed by atoms with E-state index in [0.717, 1.165) is 29.1 Å². The van der Waals surface area contributed by atoms with E-state index in [9.17, 15) is 4.79 Å². The smallest absolute Gasteiger partial charge is 0.237 e. The van der Waals surface area contributed by atoms with Gasteiger partial charge in [-0.05, 0) is 46.2 Å². The third-order valence-corrected chi connectivity index (χ3v) is 5.87. The van der Waals surface area contributed by atoms with Gasteiger partial charge in [0.05, 0.1) is 11.8 Å². The molecular formula is C19H21N5OS. The van der Waals surface area contributed by atoms with Crippen LogP contribution in [0.4, 0.5) is 5.69 Å². The molecule has 0 N–H and O–H groups in total. The number of carbonyl (C=O) groups excluding carboxylic acids is 1. The van der Waals surface area contributed by atoms with E-state index in [4.69, 9.17) is 0 Å². The molecule has 0 saturated heterocycles. The summed E-state index contributed by atoms with van der Waals surface area (Å²) in [7, 11) is 1.81. The third-order valence-electron chi connectivity index (χ3n) is 4.95. The summed E-state index contributed by atoms with van der Waals surface area (Å²) >= 11 is 1.41. The number of tetrazole rings is 1. The highest BCUT2D eigenvalue weighted by Gasteiger charge is 2.22. The number of hydrogen-bond donors (Lipinski definition) is 0. The van der Waals surface area contributed by atoms with Crippen molar-refractivity contribution in [2.45, 2.75) is 36.9 Å². The Morgan fingerprint density at radius 2 is 1.96 bits per heavy atom. The summed E-state index contributed by atoms with van der Waals surface area (Å²) in [4.78, 5) is 14.3. The Bertz CT molecular complexity index is 919. The van der Waals surface area contributed by atoms with Gasteiger partial charge in [0.2, 0.25) is 11.1 Å². The second-order valence-electron chi connectivity index (χ2n) is 6.62. The normalized spacial score (nSPS) is 14.8. The van der Waals surface area contributed by atoms with Crippen LogP contribution in [0.15, 0.2) is 47.6 Å². The van der Waals surface area contributed by atoms with E-state index in [-0.39, 0.29) is 5.91 Å². The maximum atomic E-state index is 12.6. The molecule has 1 heterocycles. The minimum Gasteiger partial charge on any atom is -0.315 e. The molecule has 1 aromatic heterocycles. The summed E-state index contributed by atoms with van der Waals surface area (Å²) < 4.78 is 1.89. The molecular weight excluding hydrogens is 346 g/mol. The van der Waals surface area contributed by atoms with Crippen molar-refractivity contribution in [3.05, 3.63) is 42.5 Å². The number of nitrogens with zero attached hydrogens (tertiary/aromatic N) is 5. The minimum absolute atomic E-state index is 0.0336. The average molecular weight is 367 g/mol. The van der Waals surface area contributed by atoms with Crippen LogP contribution in [-0.2, 0) is 4.79 Å². The molecule has 2 aromatic carbocycles. The molecule has 0 bridgehead atoms. The Kier molecular flexibility index (Phi) is 4.88. The topological polar surface area (TPSA) is 63.9 Å². The van der Waals surface area contributed by atoms with Gasteiger partial charge in [0, 0.05) is 12.7 Å². The van der Waals surface area contributed by atoms with Crippen LogP contribution in [-0.4, -0.2) is 38.9 Å². The number of aromatic nitrogens is 4. The van der Waals surface area contributed by atoms with Crippen LogP contribution >= 0.6 is 11.8 Å². The van der Waals surface area contributed by atoms with Crippen LogP contribution in [0.1, 0.15) is 31.7 Å². The SMILES string of the molecule is CN(C(=O)CSc1nnnn1C1CCCC1)c1ccc2ccccc2c1. The fraction of sp³-hybridized carbons (Fsp3) is 0.368. The Morgan fingerprint density at radius 1 is 1.19 bits per heavy atom. The van der Waals surface area contributed by atoms with E-state index in [1.165, 1.54) is 30.0 Å². The number of amides is 1. The Balaban J connectivity index is 1.43. The second-order valence-corrected chi connectivity index (χ2v) is 7.56. The monoisotopic (exact) mass is 367 g/mol. The summed E-state index contributed by atoms with van der Waals surface area (Å²) in [6.45, 7) is 0. The Morgan fingerprint density at radius 3 is 2.77 bits per heavy atom. The molecule has 0 radical (unpaired) electrons. The van der Waals surface area contributed by atoms with Gasteiger partial charge in [-0.25, -0.2) is 4.68 Å². The number of hydrogen-bond acceptors (Lipinski definition) is 5. The minimum atomic E-state index is 0.0336. The summed E-state index contributed by atoms with van der Waals surface area (Å²) in [5.41, 5.74) is 0.893. The van der Waals surface area contributed by atoms with Crippen molar-refractivity contribution in [3.63, 3.8) is 0 Å². The van der Waals surface area contributed by atoms with Crippen LogP contribution in [0.5, 0.6) is 0 Å². The lowest BCUT2D eigenvalue weighted by atomic mass is 10.1. The van der Waals surface area contributed by atoms with E-state index in [1.54, 1.807) is 4.90 Å². The lowest BCUT2D eigenvalue weighted by Gasteiger charge is -2.18. The van der Waals surface area contributed by atoms with Gasteiger partial charge in [-0.2, -0.15) is 0 Å². The molecule has 26 heavy (non-hydrogen) atoms. The maximum absolute atomic E-state index is 12.6. The molecule has 134 valence electrons. The highest BCUT2D eigenvalue weighted by atomic mass is 32.2. The van der Waals surface area contributed by atoms with Crippen LogP contribution in [0.25, 0.3) is 10.8 Å². The lowest BCUT2D eigenvalue weighted by molar-refractivity contribution is -0.115. The molecule has 4 rings (SSSR count). The van der Waals surface area contributed by atoms with Crippen molar-refractivity contribution in [3.8, 4) is 0 Å². The van der Waals surface area contributed by atoms with Gasteiger partial charge < -0.3 is 4.90 Å². The van der Waals surface area contributed by atoms with Gasteiger partial charge in [-0.15, -0.1) is 5.10 Å². The van der Waals surface area contributed by atoms with Gasteiger partial charge in [-0.3, -0.25) is 4.79 Å². The van der Waals surface area contributed by atoms with Crippen molar-refractivity contribution in [1.82, 2.24) is 20.2 Å². The molecule has 0 aliphatic heterocycles. The van der Waals surface area contributed by atoms with Crippen LogP contribution in [0.3, 0.4) is 0 Å². The van der Waals surface area contributed by atoms with Gasteiger partial charge in [-0.1, -0.05) is 54.9 Å². The summed E-state index contributed by atoms with van der Waals surface area (Å²) in [6.07, 6.45) is 4.67. The summed E-state index contributed by atoms with van der Waals surface area (Å²) in [5, 5.41) is 15.1. The molecule has 1 saturated carbocycles. The number of thioether (sulfide) groups is 1. The maximum Gasteiger partial charge on any atom is 0.237 e. The van der Waals surface area contributed by atoms with E-state index in [2.05, 4.69) is 27.7 Å². The zero-order valence-electron chi connectivity index (χ0n) is 14.7. The molecule has 1 aliphatic carbocycles. The predicted octanol–water partition coefficient (Wildman–Crippen LogP) is 3.70. The first-order valence-electron chi connectivity index (χ1n) is 8.88. The fourth-order valence-electron chi connectivity index (χ4n) is 3.41. The number of anilines is 1. The predicted molar refractivity (Wildman–Crippen MR) is 103 cm³/mol. The van der Waals surface area contributed by atoms with Gasteiger partial charge >= 0.3 is 0 Å². The molecule has 1 fully saturated rings. The van der Waals surface area contributed by atoms with Gasteiger partial charge in [0.25, 0.3) is 0 Å². The van der Waals surface area contributed by atoms with E-state index in [0.29, 0.717) is 11.8 Å². The van der Waals surface area contributed by atoms with Crippen molar-refractivity contribution < 1.29 is 4.79 Å². The molecule has 1 amide bonds. The number of benzene rings is 2. The van der Waals surface area contributed by atoms with E-state index in [1.807, 2.05) is 42.1 Å². The van der Waals surface area contributed by atoms with Crippen molar-refractivity contribution >= 4 is 34.1 Å². The zero-order chi connectivity index (χ0) is 17.9. The van der Waals surface area contributed by atoms with Crippen molar-refractivity contribution in [1.29, 1.82) is 0 Å². The van der Waals surface area contributed by atoms with Crippen LogP contribution in [0.2, 0.25) is 0 Å². The summed E-state index contributed by atoms with van der Waals surface area (Å²) in [5.74, 6) is 0.349. The summed E-state index contributed by atoms with van der Waals surface area (Å²) in [6, 6.07) is 14.6. The van der Waals surface area contributed by atoms with Crippen molar-refractivity contribution in [2.75, 3.05) is 17.7 Å². The number of rotatable bonds is 5. The molecule has 3 aromatic rings.